The lowest BCUT2D eigenvalue weighted by molar-refractivity contribution is -0.154. The molecule has 4 heteroatoms. The average molecular weight is 547 g/mol. The Bertz CT molecular complexity index is 620. The van der Waals surface area contributed by atoms with Gasteiger partial charge < -0.3 is 14.6 Å². The molecule has 0 saturated carbocycles. The molecule has 0 aliphatic rings. The van der Waals surface area contributed by atoms with Gasteiger partial charge >= 0.3 is 5.97 Å². The van der Waals surface area contributed by atoms with E-state index in [1.807, 2.05) is 0 Å². The van der Waals surface area contributed by atoms with E-state index in [0.29, 0.717) is 13.0 Å². The van der Waals surface area contributed by atoms with Crippen molar-refractivity contribution in [3.05, 3.63) is 48.6 Å². The second-order valence-corrected chi connectivity index (χ2v) is 10.5. The smallest absolute Gasteiger partial charge is 0.306 e. The van der Waals surface area contributed by atoms with E-state index in [1.54, 1.807) is 0 Å². The third kappa shape index (κ3) is 30.7. The van der Waals surface area contributed by atoms with Crippen molar-refractivity contribution in [2.45, 2.75) is 148 Å². The Kier molecular flexibility index (Phi) is 31.2. The molecule has 0 spiro atoms. The molecule has 0 aromatic heterocycles. The van der Waals surface area contributed by atoms with Gasteiger partial charge in [-0.1, -0.05) is 120 Å². The largest absolute Gasteiger partial charge is 0.457 e. The highest BCUT2D eigenvalue weighted by molar-refractivity contribution is 5.69. The fourth-order valence-corrected chi connectivity index (χ4v) is 4.20. The standard InChI is InChI=1S/C35H62O4/c1-3-5-7-9-11-13-15-17-18-19-20-22-24-26-28-30-35(37)39-34(32-36)33-38-31-29-27-25-23-21-16-14-12-10-8-6-4-2/h5,7,10-13,17-18,34,36H,3-4,6,8-9,14-16,19-33H2,1-2H3/b7-5-,12-10-,13-11-,18-17-. The van der Waals surface area contributed by atoms with Crippen LogP contribution in [0.15, 0.2) is 48.6 Å². The van der Waals surface area contributed by atoms with Crippen molar-refractivity contribution in [3.63, 3.8) is 0 Å². The number of ether oxygens (including phenoxy) is 2. The van der Waals surface area contributed by atoms with Crippen LogP contribution in [0.3, 0.4) is 0 Å². The van der Waals surface area contributed by atoms with Gasteiger partial charge in [0.15, 0.2) is 0 Å². The van der Waals surface area contributed by atoms with Crippen molar-refractivity contribution >= 4 is 5.97 Å². The van der Waals surface area contributed by atoms with Crippen LogP contribution >= 0.6 is 0 Å². The Morgan fingerprint density at radius 1 is 0.641 bits per heavy atom. The fraction of sp³-hybridized carbons (Fsp3) is 0.743. The Balaban J connectivity index is 3.52. The van der Waals surface area contributed by atoms with Crippen molar-refractivity contribution in [1.82, 2.24) is 0 Å². The highest BCUT2D eigenvalue weighted by atomic mass is 16.6. The molecule has 4 nitrogen and oxygen atoms in total. The molecule has 0 heterocycles. The van der Waals surface area contributed by atoms with Gasteiger partial charge in [-0.05, 0) is 64.2 Å². The summed E-state index contributed by atoms with van der Waals surface area (Å²) in [5.41, 5.74) is 0. The van der Waals surface area contributed by atoms with E-state index < -0.39 is 6.10 Å². The van der Waals surface area contributed by atoms with E-state index >= 15 is 0 Å². The summed E-state index contributed by atoms with van der Waals surface area (Å²) in [4.78, 5) is 12.1. The monoisotopic (exact) mass is 546 g/mol. The first-order valence-corrected chi connectivity index (χ1v) is 16.2. The minimum Gasteiger partial charge on any atom is -0.457 e. The molecule has 0 aromatic carbocycles. The molecule has 1 unspecified atom stereocenters. The number of esters is 1. The van der Waals surface area contributed by atoms with Crippen molar-refractivity contribution < 1.29 is 19.4 Å². The lowest BCUT2D eigenvalue weighted by Gasteiger charge is -2.15. The lowest BCUT2D eigenvalue weighted by Crippen LogP contribution is -2.27. The minimum absolute atomic E-state index is 0.183. The van der Waals surface area contributed by atoms with Crippen LogP contribution in [0.5, 0.6) is 0 Å². The van der Waals surface area contributed by atoms with Gasteiger partial charge in [-0.15, -0.1) is 0 Å². The number of hydrogen-bond donors (Lipinski definition) is 1. The van der Waals surface area contributed by atoms with Gasteiger partial charge in [0.2, 0.25) is 0 Å². The number of hydrogen-bond acceptors (Lipinski definition) is 4. The molecule has 0 bridgehead atoms. The quantitative estimate of drug-likeness (QED) is 0.0576. The van der Waals surface area contributed by atoms with Crippen LogP contribution in [0.2, 0.25) is 0 Å². The number of allylic oxidation sites excluding steroid dienone is 8. The van der Waals surface area contributed by atoms with Crippen LogP contribution in [-0.2, 0) is 14.3 Å². The predicted molar refractivity (Wildman–Crippen MR) is 168 cm³/mol. The van der Waals surface area contributed by atoms with Gasteiger partial charge in [-0.2, -0.15) is 0 Å². The SMILES string of the molecule is CC/C=C\C/C=C\C/C=C\CCCCCCCC(=O)OC(CO)COCCCCCCCC/C=C\CCCC. The maximum absolute atomic E-state index is 12.1. The summed E-state index contributed by atoms with van der Waals surface area (Å²) in [5.74, 6) is -0.223. The summed E-state index contributed by atoms with van der Waals surface area (Å²) in [7, 11) is 0. The van der Waals surface area contributed by atoms with E-state index in [9.17, 15) is 9.90 Å². The molecule has 0 radical (unpaired) electrons. The molecule has 0 fully saturated rings. The number of carbonyl (C=O) groups is 1. The topological polar surface area (TPSA) is 55.8 Å². The maximum Gasteiger partial charge on any atom is 0.306 e. The number of aliphatic hydroxyl groups is 1. The first-order chi connectivity index (χ1) is 19.2. The van der Waals surface area contributed by atoms with E-state index in [1.165, 1.54) is 70.6 Å². The number of rotatable bonds is 29. The molecular weight excluding hydrogens is 484 g/mol. The van der Waals surface area contributed by atoms with Crippen LogP contribution in [0.4, 0.5) is 0 Å². The normalized spacial score (nSPS) is 13.0. The van der Waals surface area contributed by atoms with Crippen molar-refractivity contribution in [3.8, 4) is 0 Å². The zero-order valence-electron chi connectivity index (χ0n) is 25.6. The first-order valence-electron chi connectivity index (χ1n) is 16.2. The zero-order chi connectivity index (χ0) is 28.5. The van der Waals surface area contributed by atoms with Gasteiger partial charge in [0.05, 0.1) is 13.2 Å². The van der Waals surface area contributed by atoms with E-state index in [0.717, 1.165) is 51.4 Å². The summed E-state index contributed by atoms with van der Waals surface area (Å²) in [6.45, 7) is 5.15. The molecule has 1 N–H and O–H groups in total. The maximum atomic E-state index is 12.1. The average Bonchev–Trinajstić information content (AvgIpc) is 2.94. The van der Waals surface area contributed by atoms with E-state index in [4.69, 9.17) is 9.47 Å². The summed E-state index contributed by atoms with van der Waals surface area (Å²) < 4.78 is 11.0. The lowest BCUT2D eigenvalue weighted by atomic mass is 10.1. The molecule has 0 aliphatic carbocycles. The summed E-state index contributed by atoms with van der Waals surface area (Å²) >= 11 is 0. The van der Waals surface area contributed by atoms with Gasteiger partial charge in [-0.3, -0.25) is 4.79 Å². The summed E-state index contributed by atoms with van der Waals surface area (Å²) in [6.07, 6.45) is 39.9. The predicted octanol–water partition coefficient (Wildman–Crippen LogP) is 9.97. The second kappa shape index (κ2) is 32.6. The molecule has 39 heavy (non-hydrogen) atoms. The molecule has 0 amide bonds. The van der Waals surface area contributed by atoms with Crippen molar-refractivity contribution in [2.75, 3.05) is 19.8 Å². The van der Waals surface area contributed by atoms with Crippen LogP contribution in [-0.4, -0.2) is 37.0 Å². The molecule has 0 aliphatic heterocycles. The van der Waals surface area contributed by atoms with Gasteiger partial charge in [0.25, 0.3) is 0 Å². The molecule has 1 atom stereocenters. The van der Waals surface area contributed by atoms with E-state index in [2.05, 4.69) is 62.5 Å². The number of unbranched alkanes of at least 4 members (excludes halogenated alkanes) is 13. The highest BCUT2D eigenvalue weighted by Crippen LogP contribution is 2.10. The van der Waals surface area contributed by atoms with Crippen molar-refractivity contribution in [2.24, 2.45) is 0 Å². The zero-order valence-corrected chi connectivity index (χ0v) is 25.6. The fourth-order valence-electron chi connectivity index (χ4n) is 4.20. The molecule has 0 saturated heterocycles. The number of carbonyl (C=O) groups excluding carboxylic acids is 1. The van der Waals surface area contributed by atoms with Crippen LogP contribution in [0.25, 0.3) is 0 Å². The third-order valence-corrected chi connectivity index (χ3v) is 6.64. The third-order valence-electron chi connectivity index (χ3n) is 6.64. The van der Waals surface area contributed by atoms with Crippen LogP contribution < -0.4 is 0 Å². The second-order valence-electron chi connectivity index (χ2n) is 10.5. The Morgan fingerprint density at radius 3 is 1.77 bits per heavy atom. The Morgan fingerprint density at radius 2 is 1.15 bits per heavy atom. The molecular formula is C35H62O4. The number of aliphatic hydroxyl groups excluding tert-OH is 1. The van der Waals surface area contributed by atoms with Crippen LogP contribution in [0, 0.1) is 0 Å². The van der Waals surface area contributed by atoms with Gasteiger partial charge in [0, 0.05) is 13.0 Å². The van der Waals surface area contributed by atoms with Crippen LogP contribution in [0.1, 0.15) is 142 Å². The molecule has 0 rings (SSSR count). The van der Waals surface area contributed by atoms with E-state index in [-0.39, 0.29) is 19.2 Å². The van der Waals surface area contributed by atoms with Gasteiger partial charge in [-0.25, -0.2) is 0 Å². The van der Waals surface area contributed by atoms with Gasteiger partial charge in [0.1, 0.15) is 6.10 Å². The Hall–Kier alpha value is -1.65. The first kappa shape index (κ1) is 37.4. The molecule has 0 aromatic rings. The highest BCUT2D eigenvalue weighted by Gasteiger charge is 2.13. The summed E-state index contributed by atoms with van der Waals surface area (Å²) in [5, 5.41) is 9.51. The summed E-state index contributed by atoms with van der Waals surface area (Å²) in [6, 6.07) is 0. The Labute approximate surface area is 242 Å². The molecule has 226 valence electrons. The van der Waals surface area contributed by atoms with Crippen molar-refractivity contribution in [1.29, 1.82) is 0 Å². The minimum atomic E-state index is -0.544.